The minimum atomic E-state index is 0.607. The molecule has 1 saturated carbocycles. The Morgan fingerprint density at radius 1 is 1.32 bits per heavy atom. The molecule has 0 heterocycles. The largest absolute Gasteiger partial charge is 0.491 e. The van der Waals surface area contributed by atoms with Crippen LogP contribution in [-0.2, 0) is 0 Å². The van der Waals surface area contributed by atoms with Gasteiger partial charge in [0.1, 0.15) is 12.4 Å². The fourth-order valence-corrected chi connectivity index (χ4v) is 2.97. The maximum absolute atomic E-state index is 6.04. The van der Waals surface area contributed by atoms with Crippen molar-refractivity contribution in [1.29, 1.82) is 0 Å². The predicted molar refractivity (Wildman–Crippen MR) is 81.4 cm³/mol. The third-order valence-electron chi connectivity index (χ3n) is 3.62. The molecule has 19 heavy (non-hydrogen) atoms. The molecule has 1 fully saturated rings. The summed E-state index contributed by atoms with van der Waals surface area (Å²) in [6.07, 6.45) is 5.26. The average molecular weight is 302 g/mol. The van der Waals surface area contributed by atoms with Crippen LogP contribution in [0.15, 0.2) is 18.2 Å². The molecule has 2 rings (SSSR count). The van der Waals surface area contributed by atoms with Crippen LogP contribution in [0.3, 0.4) is 0 Å². The van der Waals surface area contributed by atoms with Crippen LogP contribution in [0.1, 0.15) is 32.6 Å². The highest BCUT2D eigenvalue weighted by Gasteiger charge is 2.17. The van der Waals surface area contributed by atoms with Crippen molar-refractivity contribution in [2.24, 2.45) is 5.92 Å². The minimum Gasteiger partial charge on any atom is -0.491 e. The molecule has 2 nitrogen and oxygen atoms in total. The Hall–Kier alpha value is -0.440. The minimum absolute atomic E-state index is 0.607. The van der Waals surface area contributed by atoms with Crippen LogP contribution in [0.25, 0.3) is 0 Å². The average Bonchev–Trinajstić information content (AvgIpc) is 2.39. The van der Waals surface area contributed by atoms with Gasteiger partial charge in [0.2, 0.25) is 0 Å². The molecule has 1 aromatic carbocycles. The fourth-order valence-electron chi connectivity index (χ4n) is 2.63. The van der Waals surface area contributed by atoms with E-state index >= 15 is 0 Å². The molecule has 4 heteroatoms. The normalized spacial score (nSPS) is 23.3. The van der Waals surface area contributed by atoms with E-state index in [0.29, 0.717) is 28.4 Å². The first-order valence-electron chi connectivity index (χ1n) is 6.96. The summed E-state index contributed by atoms with van der Waals surface area (Å²) in [4.78, 5) is 0. The zero-order valence-electron chi connectivity index (χ0n) is 11.3. The van der Waals surface area contributed by atoms with Crippen LogP contribution >= 0.6 is 23.2 Å². The van der Waals surface area contributed by atoms with E-state index < -0.39 is 0 Å². The third kappa shape index (κ3) is 4.87. The second kappa shape index (κ2) is 7.37. The molecule has 0 bridgehead atoms. The summed E-state index contributed by atoms with van der Waals surface area (Å²) in [7, 11) is 0. The molecule has 1 aromatic rings. The summed E-state index contributed by atoms with van der Waals surface area (Å²) in [5.74, 6) is 1.50. The number of hydrogen-bond donors (Lipinski definition) is 1. The maximum Gasteiger partial charge on any atom is 0.139 e. The number of rotatable bonds is 5. The Kier molecular flexibility index (Phi) is 5.80. The first-order chi connectivity index (χ1) is 9.15. The number of hydrogen-bond acceptors (Lipinski definition) is 2. The van der Waals surface area contributed by atoms with E-state index in [1.807, 2.05) is 0 Å². The summed E-state index contributed by atoms with van der Waals surface area (Å²) >= 11 is 12.0. The van der Waals surface area contributed by atoms with Crippen molar-refractivity contribution in [2.45, 2.75) is 38.6 Å². The molecule has 0 radical (unpaired) electrons. The van der Waals surface area contributed by atoms with Gasteiger partial charge in [0, 0.05) is 23.7 Å². The van der Waals surface area contributed by atoms with E-state index in [4.69, 9.17) is 27.9 Å². The van der Waals surface area contributed by atoms with Crippen LogP contribution < -0.4 is 10.1 Å². The highest BCUT2D eigenvalue weighted by atomic mass is 35.5. The van der Waals surface area contributed by atoms with Crippen molar-refractivity contribution in [2.75, 3.05) is 13.2 Å². The summed E-state index contributed by atoms with van der Waals surface area (Å²) in [6, 6.07) is 5.92. The van der Waals surface area contributed by atoms with E-state index in [9.17, 15) is 0 Å². The van der Waals surface area contributed by atoms with Gasteiger partial charge in [-0.3, -0.25) is 0 Å². The monoisotopic (exact) mass is 301 g/mol. The Morgan fingerprint density at radius 3 is 2.95 bits per heavy atom. The molecular formula is C15H21Cl2NO. The van der Waals surface area contributed by atoms with Crippen LogP contribution in [0.4, 0.5) is 0 Å². The molecule has 0 aliphatic heterocycles. The first kappa shape index (κ1) is 15.0. The van der Waals surface area contributed by atoms with Crippen LogP contribution in [0, 0.1) is 5.92 Å². The SMILES string of the molecule is CC1CCCC(NCCOc2cc(Cl)ccc2Cl)C1. The van der Waals surface area contributed by atoms with Gasteiger partial charge >= 0.3 is 0 Å². The van der Waals surface area contributed by atoms with Gasteiger partial charge in [-0.1, -0.05) is 43.0 Å². The van der Waals surface area contributed by atoms with E-state index in [1.54, 1.807) is 18.2 Å². The Morgan fingerprint density at radius 2 is 2.16 bits per heavy atom. The maximum atomic E-state index is 6.04. The Labute approximate surface area is 125 Å². The number of ether oxygens (including phenoxy) is 1. The molecule has 2 atom stereocenters. The summed E-state index contributed by atoms with van der Waals surface area (Å²) < 4.78 is 5.66. The molecule has 106 valence electrons. The van der Waals surface area contributed by atoms with E-state index in [0.717, 1.165) is 12.5 Å². The molecule has 1 aliphatic rings. The van der Waals surface area contributed by atoms with Gasteiger partial charge in [-0.25, -0.2) is 0 Å². The summed E-state index contributed by atoms with van der Waals surface area (Å²) in [6.45, 7) is 3.79. The van der Waals surface area contributed by atoms with Crippen molar-refractivity contribution in [1.82, 2.24) is 5.32 Å². The Bertz CT molecular complexity index is 411. The fraction of sp³-hybridized carbons (Fsp3) is 0.600. The van der Waals surface area contributed by atoms with Gasteiger partial charge in [0.25, 0.3) is 0 Å². The lowest BCUT2D eigenvalue weighted by molar-refractivity contribution is 0.266. The van der Waals surface area contributed by atoms with E-state index in [-0.39, 0.29) is 0 Å². The second-order valence-electron chi connectivity index (χ2n) is 5.35. The molecule has 1 aliphatic carbocycles. The molecule has 0 amide bonds. The van der Waals surface area contributed by atoms with Crippen LogP contribution in [0.2, 0.25) is 10.0 Å². The van der Waals surface area contributed by atoms with Gasteiger partial charge in [0.05, 0.1) is 5.02 Å². The summed E-state index contributed by atoms with van der Waals surface area (Å²) in [5, 5.41) is 4.81. The van der Waals surface area contributed by atoms with Crippen molar-refractivity contribution in [3.05, 3.63) is 28.2 Å². The highest BCUT2D eigenvalue weighted by Crippen LogP contribution is 2.27. The van der Waals surface area contributed by atoms with Gasteiger partial charge < -0.3 is 10.1 Å². The zero-order chi connectivity index (χ0) is 13.7. The number of nitrogens with one attached hydrogen (secondary N) is 1. The highest BCUT2D eigenvalue weighted by molar-refractivity contribution is 6.34. The molecule has 0 spiro atoms. The van der Waals surface area contributed by atoms with Crippen molar-refractivity contribution in [3.8, 4) is 5.75 Å². The smallest absolute Gasteiger partial charge is 0.139 e. The van der Waals surface area contributed by atoms with Gasteiger partial charge in [-0.05, 0) is 30.9 Å². The molecular weight excluding hydrogens is 281 g/mol. The van der Waals surface area contributed by atoms with Crippen molar-refractivity contribution in [3.63, 3.8) is 0 Å². The lowest BCUT2D eigenvalue weighted by atomic mass is 9.87. The van der Waals surface area contributed by atoms with Crippen molar-refractivity contribution >= 4 is 23.2 Å². The van der Waals surface area contributed by atoms with Crippen LogP contribution in [-0.4, -0.2) is 19.2 Å². The summed E-state index contributed by atoms with van der Waals surface area (Å²) in [5.41, 5.74) is 0. The van der Waals surface area contributed by atoms with Gasteiger partial charge in [0.15, 0.2) is 0 Å². The standard InChI is InChI=1S/C15H21Cl2NO/c1-11-3-2-4-13(9-11)18-7-8-19-15-10-12(16)5-6-14(15)17/h5-6,10-11,13,18H,2-4,7-9H2,1H3. The van der Waals surface area contributed by atoms with E-state index in [2.05, 4.69) is 12.2 Å². The molecule has 2 unspecified atom stereocenters. The first-order valence-corrected chi connectivity index (χ1v) is 7.72. The lowest BCUT2D eigenvalue weighted by Crippen LogP contribution is -2.36. The molecule has 1 N–H and O–H groups in total. The van der Waals surface area contributed by atoms with Gasteiger partial charge in [-0.2, -0.15) is 0 Å². The van der Waals surface area contributed by atoms with Crippen molar-refractivity contribution < 1.29 is 4.74 Å². The molecule has 0 aromatic heterocycles. The number of benzene rings is 1. The number of halogens is 2. The quantitative estimate of drug-likeness (QED) is 0.806. The molecule has 0 saturated heterocycles. The van der Waals surface area contributed by atoms with Gasteiger partial charge in [-0.15, -0.1) is 0 Å². The lowest BCUT2D eigenvalue weighted by Gasteiger charge is -2.27. The predicted octanol–water partition coefficient (Wildman–Crippen LogP) is 4.54. The van der Waals surface area contributed by atoms with Crippen LogP contribution in [0.5, 0.6) is 5.75 Å². The van der Waals surface area contributed by atoms with E-state index in [1.165, 1.54) is 25.7 Å². The topological polar surface area (TPSA) is 21.3 Å². The second-order valence-corrected chi connectivity index (χ2v) is 6.19. The third-order valence-corrected chi connectivity index (χ3v) is 4.17. The zero-order valence-corrected chi connectivity index (χ0v) is 12.8. The Balaban J connectivity index is 1.70.